The maximum absolute atomic E-state index is 12.5. The Kier molecular flexibility index (Phi) is 5.17. The number of rotatable bonds is 3. The Morgan fingerprint density at radius 1 is 1.19 bits per heavy atom. The van der Waals surface area contributed by atoms with Gasteiger partial charge in [0.25, 0.3) is 0 Å². The van der Waals surface area contributed by atoms with Gasteiger partial charge in [0.1, 0.15) is 12.7 Å². The molecule has 1 atom stereocenters. The van der Waals surface area contributed by atoms with E-state index >= 15 is 0 Å². The van der Waals surface area contributed by atoms with Crippen molar-refractivity contribution in [3.63, 3.8) is 0 Å². The topological polar surface area (TPSA) is 69.3 Å². The molecule has 3 aliphatic heterocycles. The molecule has 1 unspecified atom stereocenters. The number of carbonyl (C=O) groups excluding carboxylic acids is 1. The number of nitrogens with one attached hydrogen (secondary N) is 1. The number of amides is 2. The zero-order chi connectivity index (χ0) is 17.8. The van der Waals surface area contributed by atoms with Crippen LogP contribution in [0.2, 0.25) is 0 Å². The average Bonchev–Trinajstić information content (AvgIpc) is 2.68. The number of hydrogen-bond donors (Lipinski definition) is 1. The van der Waals surface area contributed by atoms with Crippen LogP contribution in [-0.4, -0.2) is 68.7 Å². The molecule has 3 heterocycles. The number of ether oxygens (including phenoxy) is 4. The second kappa shape index (κ2) is 7.72. The van der Waals surface area contributed by atoms with Crippen LogP contribution in [0.3, 0.4) is 0 Å². The fraction of sp³-hybridized carbons (Fsp3) is 0.632. The quantitative estimate of drug-likeness (QED) is 0.888. The van der Waals surface area contributed by atoms with Gasteiger partial charge in [-0.3, -0.25) is 0 Å². The number of nitrogens with zero attached hydrogens (tertiary/aromatic N) is 1. The van der Waals surface area contributed by atoms with E-state index in [0.717, 1.165) is 24.3 Å². The first-order chi connectivity index (χ1) is 12.7. The lowest BCUT2D eigenvalue weighted by atomic mass is 9.92. The molecule has 2 amide bonds. The van der Waals surface area contributed by atoms with E-state index in [1.54, 1.807) is 0 Å². The molecule has 1 N–H and O–H groups in total. The minimum Gasteiger partial charge on any atom is -0.486 e. The lowest BCUT2D eigenvalue weighted by Gasteiger charge is -2.44. The molecule has 1 spiro atoms. The molecule has 0 bridgehead atoms. The molecular weight excluding hydrogens is 336 g/mol. The Bertz CT molecular complexity index is 627. The van der Waals surface area contributed by atoms with Gasteiger partial charge in [-0.25, -0.2) is 4.79 Å². The summed E-state index contributed by atoms with van der Waals surface area (Å²) in [5.74, 6) is 1.55. The smallest absolute Gasteiger partial charge is 0.317 e. The molecule has 4 rings (SSSR count). The molecule has 1 aromatic carbocycles. The van der Waals surface area contributed by atoms with E-state index in [2.05, 4.69) is 5.32 Å². The summed E-state index contributed by atoms with van der Waals surface area (Å²) in [7, 11) is 0. The number of para-hydroxylation sites is 2. The Labute approximate surface area is 153 Å². The SMILES string of the molecule is O=C(NCCC1COc2ccccc2O1)N1CCOC2(CCOCC2)C1. The molecule has 3 aliphatic rings. The van der Waals surface area contributed by atoms with Crippen LogP contribution in [0.1, 0.15) is 19.3 Å². The summed E-state index contributed by atoms with van der Waals surface area (Å²) >= 11 is 0. The summed E-state index contributed by atoms with van der Waals surface area (Å²) in [6.07, 6.45) is 2.37. The first-order valence-corrected chi connectivity index (χ1v) is 9.37. The second-order valence-corrected chi connectivity index (χ2v) is 7.08. The summed E-state index contributed by atoms with van der Waals surface area (Å²) < 4.78 is 23.0. The highest BCUT2D eigenvalue weighted by atomic mass is 16.6. The Balaban J connectivity index is 1.23. The van der Waals surface area contributed by atoms with Crippen LogP contribution in [0.15, 0.2) is 24.3 Å². The molecule has 2 saturated heterocycles. The van der Waals surface area contributed by atoms with Crippen molar-refractivity contribution < 1.29 is 23.7 Å². The van der Waals surface area contributed by atoms with Gasteiger partial charge in [-0.05, 0) is 12.1 Å². The molecule has 142 valence electrons. The van der Waals surface area contributed by atoms with Gasteiger partial charge in [-0.15, -0.1) is 0 Å². The molecule has 26 heavy (non-hydrogen) atoms. The predicted octanol–water partition coefficient (Wildman–Crippen LogP) is 1.81. The van der Waals surface area contributed by atoms with Crippen molar-refractivity contribution in [2.75, 3.05) is 46.1 Å². The fourth-order valence-electron chi connectivity index (χ4n) is 3.72. The van der Waals surface area contributed by atoms with Crippen molar-refractivity contribution >= 4 is 6.03 Å². The number of benzene rings is 1. The monoisotopic (exact) mass is 362 g/mol. The minimum absolute atomic E-state index is 0.0312. The van der Waals surface area contributed by atoms with Gasteiger partial charge in [0.15, 0.2) is 11.5 Å². The maximum atomic E-state index is 12.5. The first-order valence-electron chi connectivity index (χ1n) is 9.37. The predicted molar refractivity (Wildman–Crippen MR) is 94.7 cm³/mol. The number of hydrogen-bond acceptors (Lipinski definition) is 5. The summed E-state index contributed by atoms with van der Waals surface area (Å²) in [5.41, 5.74) is -0.224. The molecule has 0 radical (unpaired) electrons. The van der Waals surface area contributed by atoms with Crippen molar-refractivity contribution in [1.82, 2.24) is 10.2 Å². The van der Waals surface area contributed by atoms with E-state index in [-0.39, 0.29) is 17.7 Å². The van der Waals surface area contributed by atoms with Crippen LogP contribution in [0.5, 0.6) is 11.5 Å². The van der Waals surface area contributed by atoms with E-state index in [1.807, 2.05) is 29.2 Å². The molecule has 0 aromatic heterocycles. The van der Waals surface area contributed by atoms with Crippen molar-refractivity contribution in [2.45, 2.75) is 31.0 Å². The van der Waals surface area contributed by atoms with E-state index in [9.17, 15) is 4.79 Å². The number of carbonyl (C=O) groups is 1. The summed E-state index contributed by atoms with van der Waals surface area (Å²) in [6, 6.07) is 7.63. The van der Waals surface area contributed by atoms with Crippen LogP contribution in [0.4, 0.5) is 4.79 Å². The summed E-state index contributed by atoms with van der Waals surface area (Å²) in [4.78, 5) is 14.4. The first kappa shape index (κ1) is 17.4. The van der Waals surface area contributed by atoms with Gasteiger partial charge in [0.2, 0.25) is 0 Å². The molecular formula is C19H26N2O5. The fourth-order valence-corrected chi connectivity index (χ4v) is 3.72. The summed E-state index contributed by atoms with van der Waals surface area (Å²) in [5, 5.41) is 3.01. The second-order valence-electron chi connectivity index (χ2n) is 7.08. The van der Waals surface area contributed by atoms with Crippen LogP contribution in [-0.2, 0) is 9.47 Å². The van der Waals surface area contributed by atoms with Crippen molar-refractivity contribution in [3.05, 3.63) is 24.3 Å². The maximum Gasteiger partial charge on any atom is 0.317 e. The van der Waals surface area contributed by atoms with Gasteiger partial charge in [0, 0.05) is 45.6 Å². The molecule has 0 aliphatic carbocycles. The number of morpholine rings is 1. The largest absolute Gasteiger partial charge is 0.486 e. The van der Waals surface area contributed by atoms with E-state index in [1.165, 1.54) is 0 Å². The van der Waals surface area contributed by atoms with Crippen molar-refractivity contribution in [3.8, 4) is 11.5 Å². The van der Waals surface area contributed by atoms with Crippen LogP contribution >= 0.6 is 0 Å². The van der Waals surface area contributed by atoms with Gasteiger partial charge < -0.3 is 29.2 Å². The third kappa shape index (κ3) is 3.88. The lowest BCUT2D eigenvalue weighted by molar-refractivity contribution is -0.145. The molecule has 7 nitrogen and oxygen atoms in total. The van der Waals surface area contributed by atoms with Crippen molar-refractivity contribution in [1.29, 1.82) is 0 Å². The molecule has 7 heteroatoms. The highest BCUT2D eigenvalue weighted by Gasteiger charge is 2.39. The number of urea groups is 1. The van der Waals surface area contributed by atoms with Gasteiger partial charge in [0.05, 0.1) is 18.8 Å². The molecule has 2 fully saturated rings. The highest BCUT2D eigenvalue weighted by Crippen LogP contribution is 2.31. The van der Waals surface area contributed by atoms with Crippen LogP contribution in [0.25, 0.3) is 0 Å². The van der Waals surface area contributed by atoms with Crippen LogP contribution in [0, 0.1) is 0 Å². The lowest BCUT2D eigenvalue weighted by Crippen LogP contribution is -2.57. The third-order valence-corrected chi connectivity index (χ3v) is 5.25. The Morgan fingerprint density at radius 3 is 2.85 bits per heavy atom. The summed E-state index contributed by atoms with van der Waals surface area (Å²) in [6.45, 7) is 4.33. The van der Waals surface area contributed by atoms with E-state index < -0.39 is 0 Å². The van der Waals surface area contributed by atoms with Crippen molar-refractivity contribution in [2.24, 2.45) is 0 Å². The normalized spacial score (nSPS) is 24.3. The number of fused-ring (bicyclic) bond motifs is 1. The van der Waals surface area contributed by atoms with E-state index in [4.69, 9.17) is 18.9 Å². The Hall–Kier alpha value is -1.99. The Morgan fingerprint density at radius 2 is 2.00 bits per heavy atom. The average molecular weight is 362 g/mol. The van der Waals surface area contributed by atoms with E-state index in [0.29, 0.717) is 52.5 Å². The zero-order valence-electron chi connectivity index (χ0n) is 14.9. The minimum atomic E-state index is -0.224. The van der Waals surface area contributed by atoms with Gasteiger partial charge in [-0.2, -0.15) is 0 Å². The zero-order valence-corrected chi connectivity index (χ0v) is 14.9. The standard InChI is InChI=1S/C19H26N2O5/c22-18(21-9-12-25-19(14-21)6-10-23-11-7-19)20-8-5-15-13-24-16-3-1-2-4-17(16)26-15/h1-4,15H,5-14H2,(H,20,22). The highest BCUT2D eigenvalue weighted by molar-refractivity contribution is 5.74. The molecule has 1 aromatic rings. The van der Waals surface area contributed by atoms with Gasteiger partial charge >= 0.3 is 6.03 Å². The third-order valence-electron chi connectivity index (χ3n) is 5.25. The van der Waals surface area contributed by atoms with Gasteiger partial charge in [-0.1, -0.05) is 12.1 Å². The molecule has 0 saturated carbocycles. The van der Waals surface area contributed by atoms with Crippen LogP contribution < -0.4 is 14.8 Å².